The van der Waals surface area contributed by atoms with E-state index in [1.165, 1.54) is 0 Å². The van der Waals surface area contributed by atoms with E-state index in [2.05, 4.69) is 4.98 Å². The van der Waals surface area contributed by atoms with Gasteiger partial charge >= 0.3 is 0 Å². The minimum atomic E-state index is 0.572. The predicted molar refractivity (Wildman–Crippen MR) is 62.7 cm³/mol. The van der Waals surface area contributed by atoms with Gasteiger partial charge in [-0.15, -0.1) is 0 Å². The first-order chi connectivity index (χ1) is 6.39. The van der Waals surface area contributed by atoms with Crippen molar-refractivity contribution >= 4 is 5.82 Å². The first-order valence-corrected chi connectivity index (χ1v) is 5.06. The Morgan fingerprint density at radius 1 is 0.923 bits per heavy atom. The van der Waals surface area contributed by atoms with E-state index in [1.807, 2.05) is 53.7 Å². The van der Waals surface area contributed by atoms with E-state index in [0.29, 0.717) is 5.82 Å². The summed E-state index contributed by atoms with van der Waals surface area (Å²) in [6.45, 7) is 12.0. The Morgan fingerprint density at radius 2 is 1.38 bits per heavy atom. The molecule has 0 aliphatic heterocycles. The van der Waals surface area contributed by atoms with Crippen molar-refractivity contribution in [2.75, 3.05) is 5.73 Å². The number of anilines is 1. The number of rotatable bonds is 0. The predicted octanol–water partition coefficient (Wildman–Crippen LogP) is 3.74. The van der Waals surface area contributed by atoms with E-state index in [-0.39, 0.29) is 0 Å². The number of hydrogen-bond acceptors (Lipinski definition) is 2. The molecule has 1 heterocycles. The third kappa shape index (κ3) is 18.2. The molecule has 13 heavy (non-hydrogen) atoms. The van der Waals surface area contributed by atoms with Crippen LogP contribution < -0.4 is 5.73 Å². The molecule has 78 valence electrons. The van der Waals surface area contributed by atoms with Crippen LogP contribution in [0.2, 0.25) is 0 Å². The van der Waals surface area contributed by atoms with Crippen molar-refractivity contribution in [3.05, 3.63) is 24.4 Å². The highest BCUT2D eigenvalue weighted by molar-refractivity contribution is 5.25. The SMILES string of the molecule is CC.CC.CC.Nc1ccccn1. The summed E-state index contributed by atoms with van der Waals surface area (Å²) in [5.41, 5.74) is 5.25. The van der Waals surface area contributed by atoms with Crippen LogP contribution in [0.15, 0.2) is 24.4 Å². The normalized spacial score (nSPS) is 6.00. The molecule has 0 saturated carbocycles. The average molecular weight is 184 g/mol. The lowest BCUT2D eigenvalue weighted by molar-refractivity contribution is 1.34. The van der Waals surface area contributed by atoms with Crippen LogP contribution in [0.5, 0.6) is 0 Å². The van der Waals surface area contributed by atoms with Crippen LogP contribution >= 0.6 is 0 Å². The summed E-state index contributed by atoms with van der Waals surface area (Å²) in [4.78, 5) is 3.76. The standard InChI is InChI=1S/C5H6N2.3C2H6/c6-5-3-1-2-4-7-5;3*1-2/h1-4H,(H2,6,7);3*1-2H3. The largest absolute Gasteiger partial charge is 0.384 e. The van der Waals surface area contributed by atoms with Crippen molar-refractivity contribution in [2.24, 2.45) is 0 Å². The third-order valence-electron chi connectivity index (χ3n) is 0.688. The van der Waals surface area contributed by atoms with Gasteiger partial charge in [0, 0.05) is 6.20 Å². The lowest BCUT2D eigenvalue weighted by Gasteiger charge is -1.82. The maximum atomic E-state index is 5.25. The van der Waals surface area contributed by atoms with Gasteiger partial charge in [0.2, 0.25) is 0 Å². The number of aromatic nitrogens is 1. The molecule has 0 fully saturated rings. The fourth-order valence-electron chi connectivity index (χ4n) is 0.376. The number of nitrogens with zero attached hydrogens (tertiary/aromatic N) is 1. The molecule has 0 saturated heterocycles. The Labute approximate surface area is 83.2 Å². The zero-order valence-electron chi connectivity index (χ0n) is 9.83. The second kappa shape index (κ2) is 22.4. The second-order valence-corrected chi connectivity index (χ2v) is 1.25. The molecule has 0 spiro atoms. The van der Waals surface area contributed by atoms with Crippen LogP contribution in [0, 0.1) is 0 Å². The van der Waals surface area contributed by atoms with Crippen LogP contribution in [-0.4, -0.2) is 4.98 Å². The Balaban J connectivity index is -0.000000144. The van der Waals surface area contributed by atoms with E-state index < -0.39 is 0 Å². The smallest absolute Gasteiger partial charge is 0.123 e. The van der Waals surface area contributed by atoms with Gasteiger partial charge in [0.15, 0.2) is 0 Å². The van der Waals surface area contributed by atoms with Crippen LogP contribution in [-0.2, 0) is 0 Å². The minimum Gasteiger partial charge on any atom is -0.384 e. The molecule has 0 amide bonds. The summed E-state index contributed by atoms with van der Waals surface area (Å²) in [5, 5.41) is 0. The van der Waals surface area contributed by atoms with Crippen LogP contribution in [0.3, 0.4) is 0 Å². The highest BCUT2D eigenvalue weighted by Gasteiger charge is 1.73. The molecule has 0 radical (unpaired) electrons. The summed E-state index contributed by atoms with van der Waals surface area (Å²) < 4.78 is 0. The van der Waals surface area contributed by atoms with Gasteiger partial charge in [0.05, 0.1) is 0 Å². The topological polar surface area (TPSA) is 38.9 Å². The molecular weight excluding hydrogens is 160 g/mol. The summed E-state index contributed by atoms with van der Waals surface area (Å²) in [6.07, 6.45) is 1.66. The van der Waals surface area contributed by atoms with Crippen LogP contribution in [0.25, 0.3) is 0 Å². The molecule has 1 rings (SSSR count). The van der Waals surface area contributed by atoms with Gasteiger partial charge in [-0.05, 0) is 12.1 Å². The van der Waals surface area contributed by atoms with Crippen molar-refractivity contribution in [2.45, 2.75) is 41.5 Å². The Hall–Kier alpha value is -1.05. The zero-order valence-corrected chi connectivity index (χ0v) is 9.83. The minimum absolute atomic E-state index is 0.572. The van der Waals surface area contributed by atoms with E-state index in [4.69, 9.17) is 5.73 Å². The van der Waals surface area contributed by atoms with E-state index in [9.17, 15) is 0 Å². The summed E-state index contributed by atoms with van der Waals surface area (Å²) in [5.74, 6) is 0.572. The van der Waals surface area contributed by atoms with E-state index >= 15 is 0 Å². The molecule has 0 aliphatic carbocycles. The molecule has 0 aliphatic rings. The highest BCUT2D eigenvalue weighted by atomic mass is 14.8. The number of nitrogens with two attached hydrogens (primary N) is 1. The van der Waals surface area contributed by atoms with Gasteiger partial charge in [-0.3, -0.25) is 0 Å². The number of hydrogen-bond donors (Lipinski definition) is 1. The summed E-state index contributed by atoms with van der Waals surface area (Å²) >= 11 is 0. The van der Waals surface area contributed by atoms with Crippen LogP contribution in [0.1, 0.15) is 41.5 Å². The summed E-state index contributed by atoms with van der Waals surface area (Å²) in [7, 11) is 0. The van der Waals surface area contributed by atoms with E-state index in [1.54, 1.807) is 12.3 Å². The molecule has 2 N–H and O–H groups in total. The van der Waals surface area contributed by atoms with Crippen LogP contribution in [0.4, 0.5) is 5.82 Å². The van der Waals surface area contributed by atoms with Gasteiger partial charge in [-0.1, -0.05) is 47.6 Å². The molecule has 2 heteroatoms. The molecule has 0 unspecified atom stereocenters. The monoisotopic (exact) mass is 184 g/mol. The Bertz CT molecular complexity index is 138. The van der Waals surface area contributed by atoms with Crippen molar-refractivity contribution in [3.63, 3.8) is 0 Å². The molecule has 2 nitrogen and oxygen atoms in total. The molecule has 1 aromatic rings. The maximum absolute atomic E-state index is 5.25. The van der Waals surface area contributed by atoms with Crippen molar-refractivity contribution in [1.29, 1.82) is 0 Å². The molecular formula is C11H24N2. The summed E-state index contributed by atoms with van der Waals surface area (Å²) in [6, 6.07) is 5.43. The third-order valence-corrected chi connectivity index (χ3v) is 0.688. The van der Waals surface area contributed by atoms with Crippen molar-refractivity contribution in [3.8, 4) is 0 Å². The number of pyridine rings is 1. The van der Waals surface area contributed by atoms with Gasteiger partial charge in [-0.2, -0.15) is 0 Å². The lowest BCUT2D eigenvalue weighted by Crippen LogP contribution is -1.85. The average Bonchev–Trinajstić information content (AvgIpc) is 2.28. The first-order valence-electron chi connectivity index (χ1n) is 5.06. The Morgan fingerprint density at radius 3 is 1.54 bits per heavy atom. The maximum Gasteiger partial charge on any atom is 0.123 e. The fourth-order valence-corrected chi connectivity index (χ4v) is 0.376. The molecule has 1 aromatic heterocycles. The van der Waals surface area contributed by atoms with Crippen molar-refractivity contribution in [1.82, 2.24) is 4.98 Å². The first kappa shape index (κ1) is 17.9. The molecule has 0 atom stereocenters. The number of nitrogen functional groups attached to an aromatic ring is 1. The molecule has 0 aromatic carbocycles. The highest BCUT2D eigenvalue weighted by Crippen LogP contribution is 1.89. The lowest BCUT2D eigenvalue weighted by atomic mass is 10.5. The van der Waals surface area contributed by atoms with Gasteiger partial charge < -0.3 is 5.73 Å². The van der Waals surface area contributed by atoms with Crippen molar-refractivity contribution < 1.29 is 0 Å². The van der Waals surface area contributed by atoms with Gasteiger partial charge in [-0.25, -0.2) is 4.98 Å². The fraction of sp³-hybridized carbons (Fsp3) is 0.545. The quantitative estimate of drug-likeness (QED) is 0.667. The second-order valence-electron chi connectivity index (χ2n) is 1.25. The Kier molecular flexibility index (Phi) is 30.9. The van der Waals surface area contributed by atoms with E-state index in [0.717, 1.165) is 0 Å². The zero-order chi connectivity index (χ0) is 11.1. The van der Waals surface area contributed by atoms with Gasteiger partial charge in [0.1, 0.15) is 5.82 Å². The van der Waals surface area contributed by atoms with Gasteiger partial charge in [0.25, 0.3) is 0 Å². The molecule has 0 bridgehead atoms.